The number of fused-ring (bicyclic) bond motifs is 1. The monoisotopic (exact) mass is 511 g/mol. The first-order valence-corrected chi connectivity index (χ1v) is 15.4. The molecular formula is C20H32F3N3O5SSi. The van der Waals surface area contributed by atoms with Gasteiger partial charge in [0.15, 0.2) is 14.1 Å². The Kier molecular flexibility index (Phi) is 7.38. The summed E-state index contributed by atoms with van der Waals surface area (Å²) in [5, 5.41) is 11.1. The van der Waals surface area contributed by atoms with Crippen molar-refractivity contribution in [2.75, 3.05) is 11.9 Å². The third-order valence-corrected chi connectivity index (χ3v) is 12.1. The molecular weight excluding hydrogens is 479 g/mol. The predicted octanol–water partition coefficient (Wildman–Crippen LogP) is 4.52. The standard InChI is InChI=1S/C20H32F3N3O5SSi/c1-19(2,3)33(4,5)31-16-9-7-6-8-15(16)24-17-14-12-29-11-10-13(14)18(26-25-17)30-32(27,28)20(21,22)23/h15-16H,6-12H2,1-5H3,(H,24,25)/t15-,16+/m1/s1. The van der Waals surface area contributed by atoms with Crippen molar-refractivity contribution in [2.24, 2.45) is 0 Å². The van der Waals surface area contributed by atoms with Crippen LogP contribution in [0.25, 0.3) is 0 Å². The van der Waals surface area contributed by atoms with Gasteiger partial charge in [-0.25, -0.2) is 0 Å². The maximum atomic E-state index is 12.8. The molecule has 1 aliphatic carbocycles. The minimum absolute atomic E-state index is 0.0388. The zero-order valence-electron chi connectivity index (χ0n) is 19.6. The Balaban J connectivity index is 1.87. The van der Waals surface area contributed by atoms with Crippen LogP contribution in [-0.4, -0.2) is 51.2 Å². The molecule has 0 bridgehead atoms. The number of hydrogen-bond acceptors (Lipinski definition) is 8. The molecule has 3 rings (SSSR count). The molecule has 1 fully saturated rings. The molecule has 0 unspecified atom stereocenters. The number of alkyl halides is 3. The lowest BCUT2D eigenvalue weighted by Crippen LogP contribution is -2.50. The van der Waals surface area contributed by atoms with Crippen LogP contribution >= 0.6 is 0 Å². The number of ether oxygens (including phenoxy) is 1. The molecule has 2 atom stereocenters. The van der Waals surface area contributed by atoms with Crippen molar-refractivity contribution in [2.45, 2.75) is 95.3 Å². The average molecular weight is 512 g/mol. The number of nitrogens with zero attached hydrogens (tertiary/aromatic N) is 2. The van der Waals surface area contributed by atoms with Gasteiger partial charge in [0.05, 0.1) is 25.4 Å². The Morgan fingerprint density at radius 1 is 1.09 bits per heavy atom. The van der Waals surface area contributed by atoms with Crippen molar-refractivity contribution in [3.63, 3.8) is 0 Å². The molecule has 0 amide bonds. The highest BCUT2D eigenvalue weighted by atomic mass is 32.2. The molecule has 0 radical (unpaired) electrons. The molecule has 1 aliphatic heterocycles. The van der Waals surface area contributed by atoms with E-state index in [2.05, 4.69) is 53.6 Å². The van der Waals surface area contributed by atoms with E-state index >= 15 is 0 Å². The second kappa shape index (κ2) is 9.31. The van der Waals surface area contributed by atoms with Crippen LogP contribution in [0.15, 0.2) is 0 Å². The van der Waals surface area contributed by atoms with Crippen LogP contribution in [-0.2, 0) is 32.3 Å². The van der Waals surface area contributed by atoms with Crippen molar-refractivity contribution < 1.29 is 34.9 Å². The van der Waals surface area contributed by atoms with Gasteiger partial charge in [0, 0.05) is 17.5 Å². The number of anilines is 1. The van der Waals surface area contributed by atoms with Gasteiger partial charge in [-0.2, -0.15) is 21.6 Å². The van der Waals surface area contributed by atoms with Crippen molar-refractivity contribution in [1.29, 1.82) is 0 Å². The lowest BCUT2D eigenvalue weighted by molar-refractivity contribution is -0.0502. The summed E-state index contributed by atoms with van der Waals surface area (Å²) < 4.78 is 77.8. The molecule has 8 nitrogen and oxygen atoms in total. The zero-order chi connectivity index (χ0) is 24.7. The van der Waals surface area contributed by atoms with Crippen LogP contribution in [0.5, 0.6) is 5.88 Å². The van der Waals surface area contributed by atoms with E-state index in [0.29, 0.717) is 11.4 Å². The molecule has 1 aromatic heterocycles. The van der Waals surface area contributed by atoms with Crippen LogP contribution in [0.3, 0.4) is 0 Å². The van der Waals surface area contributed by atoms with Gasteiger partial charge in [-0.1, -0.05) is 33.6 Å². The summed E-state index contributed by atoms with van der Waals surface area (Å²) >= 11 is 0. The van der Waals surface area contributed by atoms with E-state index < -0.39 is 29.8 Å². The topological polar surface area (TPSA) is 99.6 Å². The van der Waals surface area contributed by atoms with Gasteiger partial charge in [0.1, 0.15) is 0 Å². The van der Waals surface area contributed by atoms with Gasteiger partial charge in [0.2, 0.25) is 0 Å². The van der Waals surface area contributed by atoms with Crippen LogP contribution in [0.4, 0.5) is 19.0 Å². The van der Waals surface area contributed by atoms with E-state index in [0.717, 1.165) is 25.7 Å². The Bertz CT molecular complexity index is 967. The van der Waals surface area contributed by atoms with E-state index in [9.17, 15) is 21.6 Å². The highest BCUT2D eigenvalue weighted by molar-refractivity contribution is 7.87. The Morgan fingerprint density at radius 2 is 1.76 bits per heavy atom. The van der Waals surface area contributed by atoms with Crippen molar-refractivity contribution in [3.05, 3.63) is 11.1 Å². The Morgan fingerprint density at radius 3 is 2.39 bits per heavy atom. The SMILES string of the molecule is CC(C)(C)[Si](C)(C)O[C@H]1CCCC[C@H]1Nc1nnc(OS(=O)(=O)C(F)(F)F)c2c1COCC2. The van der Waals surface area contributed by atoms with E-state index in [1.54, 1.807) is 0 Å². The van der Waals surface area contributed by atoms with Gasteiger partial charge in [-0.3, -0.25) is 0 Å². The molecule has 1 aromatic rings. The molecule has 1 N–H and O–H groups in total. The predicted molar refractivity (Wildman–Crippen MR) is 119 cm³/mol. The largest absolute Gasteiger partial charge is 0.534 e. The molecule has 33 heavy (non-hydrogen) atoms. The van der Waals surface area contributed by atoms with E-state index in [1.165, 1.54) is 0 Å². The summed E-state index contributed by atoms with van der Waals surface area (Å²) in [6.45, 7) is 11.2. The molecule has 0 spiro atoms. The summed E-state index contributed by atoms with van der Waals surface area (Å²) in [6.07, 6.45) is 3.91. The number of aromatic nitrogens is 2. The maximum absolute atomic E-state index is 12.8. The van der Waals surface area contributed by atoms with Crippen LogP contribution in [0.1, 0.15) is 57.6 Å². The first-order valence-electron chi connectivity index (χ1n) is 11.0. The number of nitrogens with one attached hydrogen (secondary N) is 1. The van der Waals surface area contributed by atoms with Gasteiger partial charge in [-0.15, -0.1) is 10.2 Å². The molecule has 13 heteroatoms. The average Bonchev–Trinajstić information content (AvgIpc) is 2.69. The smallest absolute Gasteiger partial charge is 0.412 e. The highest BCUT2D eigenvalue weighted by Gasteiger charge is 2.49. The highest BCUT2D eigenvalue weighted by Crippen LogP contribution is 2.40. The van der Waals surface area contributed by atoms with Gasteiger partial charge >= 0.3 is 15.6 Å². The number of halogens is 3. The van der Waals surface area contributed by atoms with Gasteiger partial charge < -0.3 is 18.7 Å². The van der Waals surface area contributed by atoms with Crippen LogP contribution in [0.2, 0.25) is 18.1 Å². The van der Waals surface area contributed by atoms with Crippen LogP contribution < -0.4 is 9.50 Å². The molecule has 188 valence electrons. The molecule has 2 aliphatic rings. The van der Waals surface area contributed by atoms with E-state index in [4.69, 9.17) is 9.16 Å². The lowest BCUT2D eigenvalue weighted by Gasteiger charge is -2.43. The first kappa shape index (κ1) is 26.2. The minimum atomic E-state index is -5.85. The summed E-state index contributed by atoms with van der Waals surface area (Å²) in [6, 6.07) is -0.0566. The Hall–Kier alpha value is -1.44. The first-order chi connectivity index (χ1) is 15.1. The number of rotatable bonds is 6. The maximum Gasteiger partial charge on any atom is 0.534 e. The van der Waals surface area contributed by atoms with E-state index in [-0.39, 0.29) is 42.4 Å². The lowest BCUT2D eigenvalue weighted by atomic mass is 9.92. The van der Waals surface area contributed by atoms with Crippen molar-refractivity contribution in [3.8, 4) is 5.88 Å². The van der Waals surface area contributed by atoms with Crippen LogP contribution in [0, 0.1) is 0 Å². The second-order valence-electron chi connectivity index (χ2n) is 10.0. The van der Waals surface area contributed by atoms with Crippen molar-refractivity contribution in [1.82, 2.24) is 10.2 Å². The quantitative estimate of drug-likeness (QED) is 0.338. The summed E-state index contributed by atoms with van der Waals surface area (Å²) in [5.41, 5.74) is -4.84. The van der Waals surface area contributed by atoms with Crippen molar-refractivity contribution >= 4 is 24.3 Å². The molecule has 0 saturated heterocycles. The molecule has 0 aromatic carbocycles. The fourth-order valence-corrected chi connectivity index (χ4v) is 5.55. The second-order valence-corrected chi connectivity index (χ2v) is 16.3. The third kappa shape index (κ3) is 5.80. The molecule has 1 saturated carbocycles. The summed E-state index contributed by atoms with van der Waals surface area (Å²) in [5.74, 6) is -0.300. The molecule has 2 heterocycles. The summed E-state index contributed by atoms with van der Waals surface area (Å²) in [7, 11) is -7.87. The minimum Gasteiger partial charge on any atom is -0.412 e. The zero-order valence-corrected chi connectivity index (χ0v) is 21.4. The fraction of sp³-hybridized carbons (Fsp3) is 0.800. The number of hydrogen-bond donors (Lipinski definition) is 1. The fourth-order valence-electron chi connectivity index (χ4n) is 3.72. The Labute approximate surface area is 193 Å². The van der Waals surface area contributed by atoms with E-state index in [1.807, 2.05) is 0 Å². The summed E-state index contributed by atoms with van der Waals surface area (Å²) in [4.78, 5) is 0. The normalized spacial score (nSPS) is 22.5. The van der Waals surface area contributed by atoms with Gasteiger partial charge in [0.25, 0.3) is 5.88 Å². The third-order valence-electron chi connectivity index (χ3n) is 6.64. The van der Waals surface area contributed by atoms with Gasteiger partial charge in [-0.05, 0) is 31.0 Å².